The van der Waals surface area contributed by atoms with Crippen LogP contribution in [0.2, 0.25) is 0 Å². The molecule has 0 saturated heterocycles. The summed E-state index contributed by atoms with van der Waals surface area (Å²) in [6.07, 6.45) is 0. The molecule has 0 fully saturated rings. The molecule has 5 nitrogen and oxygen atoms in total. The Morgan fingerprint density at radius 1 is 1.59 bits per heavy atom. The average molecular weight is 249 g/mol. The molecule has 6 heteroatoms. The molecule has 1 aromatic carbocycles. The van der Waals surface area contributed by atoms with Gasteiger partial charge in [-0.1, -0.05) is 12.1 Å². The van der Waals surface area contributed by atoms with E-state index in [2.05, 4.69) is 4.98 Å². The zero-order chi connectivity index (χ0) is 12.3. The van der Waals surface area contributed by atoms with Crippen LogP contribution >= 0.6 is 11.3 Å². The molecule has 0 aliphatic rings. The molecule has 1 atom stereocenters. The number of carbonyl (C=O) groups is 1. The molecule has 0 amide bonds. The highest BCUT2D eigenvalue weighted by molar-refractivity contribution is 7.18. The van der Waals surface area contributed by atoms with Gasteiger partial charge in [0.05, 0.1) is 16.8 Å². The topological polar surface area (TPSA) is 75.5 Å². The summed E-state index contributed by atoms with van der Waals surface area (Å²) in [6, 6.07) is 6.62. The van der Waals surface area contributed by atoms with Crippen LogP contribution in [0.5, 0.6) is 0 Å². The predicted molar refractivity (Wildman–Crippen MR) is 63.3 cm³/mol. The standard InChI is InChI=1S/C11H11N3O2S/c1-2-16-11(15)9(14-12)10-13-7-5-3-4-6-8(7)17-10/h3-6,9,14H,2H2,1H3. The Balaban J connectivity index is 2.36. The van der Waals surface area contributed by atoms with E-state index in [1.165, 1.54) is 11.3 Å². The molecular weight excluding hydrogens is 238 g/mol. The van der Waals surface area contributed by atoms with E-state index in [4.69, 9.17) is 10.3 Å². The van der Waals surface area contributed by atoms with E-state index < -0.39 is 12.0 Å². The summed E-state index contributed by atoms with van der Waals surface area (Å²) in [5.41, 5.74) is 9.82. The summed E-state index contributed by atoms with van der Waals surface area (Å²) in [5, 5.41) is 2.43. The fourth-order valence-electron chi connectivity index (χ4n) is 1.45. The number of carbonyl (C=O) groups excluding carboxylic acids is 1. The number of benzene rings is 1. The molecule has 0 spiro atoms. The van der Waals surface area contributed by atoms with E-state index in [1.807, 2.05) is 29.4 Å². The van der Waals surface area contributed by atoms with E-state index in [0.29, 0.717) is 5.01 Å². The van der Waals surface area contributed by atoms with Crippen LogP contribution in [0.3, 0.4) is 0 Å². The van der Waals surface area contributed by atoms with E-state index in [1.54, 1.807) is 6.92 Å². The van der Waals surface area contributed by atoms with Gasteiger partial charge in [0.2, 0.25) is 0 Å². The summed E-state index contributed by atoms with van der Waals surface area (Å²) in [4.78, 5) is 15.9. The second kappa shape index (κ2) is 5.01. The van der Waals surface area contributed by atoms with Gasteiger partial charge < -0.3 is 15.4 Å². The molecule has 88 valence electrons. The van der Waals surface area contributed by atoms with Crippen LogP contribution in [-0.4, -0.2) is 17.6 Å². The SMILES string of the molecule is CCOC(=O)C([NH+]=[N-])c1nc2ccccc2s1. The minimum absolute atomic E-state index is 0.266. The van der Waals surface area contributed by atoms with Crippen LogP contribution < -0.4 is 5.11 Å². The Morgan fingerprint density at radius 2 is 2.35 bits per heavy atom. The van der Waals surface area contributed by atoms with Crippen molar-refractivity contribution < 1.29 is 14.6 Å². The summed E-state index contributed by atoms with van der Waals surface area (Å²) in [6.45, 7) is 1.98. The van der Waals surface area contributed by atoms with Crippen molar-refractivity contribution in [3.05, 3.63) is 34.8 Å². The lowest BCUT2D eigenvalue weighted by atomic mass is 10.3. The Hall–Kier alpha value is -1.82. The number of nitrogens with one attached hydrogen (secondary N) is 1. The van der Waals surface area contributed by atoms with Crippen LogP contribution in [0.25, 0.3) is 15.7 Å². The number of fused-ring (bicyclic) bond motifs is 1. The van der Waals surface area contributed by atoms with E-state index in [-0.39, 0.29) is 6.61 Å². The molecule has 1 N–H and O–H groups in total. The number of rotatable bonds is 4. The largest absolute Gasteiger partial charge is 0.507 e. The van der Waals surface area contributed by atoms with Crippen molar-refractivity contribution in [2.24, 2.45) is 0 Å². The predicted octanol–water partition coefficient (Wildman–Crippen LogP) is 1.00. The Labute approximate surface area is 102 Å². The van der Waals surface area contributed by atoms with Crippen molar-refractivity contribution >= 4 is 27.5 Å². The quantitative estimate of drug-likeness (QED) is 0.649. The highest BCUT2D eigenvalue weighted by Gasteiger charge is 2.27. The molecular formula is C11H11N3O2S. The van der Waals surface area contributed by atoms with Crippen LogP contribution in [0.15, 0.2) is 24.3 Å². The van der Waals surface area contributed by atoms with Crippen molar-refractivity contribution in [2.45, 2.75) is 13.0 Å². The summed E-state index contributed by atoms with van der Waals surface area (Å²) in [7, 11) is 0. The van der Waals surface area contributed by atoms with Gasteiger partial charge in [-0.15, -0.1) is 11.3 Å². The number of para-hydroxylation sites is 1. The van der Waals surface area contributed by atoms with E-state index in [0.717, 1.165) is 10.2 Å². The number of nitrogens with zero attached hydrogens (tertiary/aromatic N) is 2. The molecule has 17 heavy (non-hydrogen) atoms. The maximum atomic E-state index is 11.6. The van der Waals surface area contributed by atoms with Crippen LogP contribution in [0.4, 0.5) is 0 Å². The number of hydrogen-bond donors (Lipinski definition) is 1. The van der Waals surface area contributed by atoms with Gasteiger partial charge in [-0.05, 0) is 19.1 Å². The first-order chi connectivity index (χ1) is 8.26. The zero-order valence-electron chi connectivity index (χ0n) is 9.21. The van der Waals surface area contributed by atoms with Gasteiger partial charge in [0, 0.05) is 0 Å². The zero-order valence-corrected chi connectivity index (χ0v) is 10.0. The van der Waals surface area contributed by atoms with Crippen LogP contribution in [0, 0.1) is 0 Å². The lowest BCUT2D eigenvalue weighted by Gasteiger charge is -2.04. The van der Waals surface area contributed by atoms with Crippen molar-refractivity contribution in [1.82, 2.24) is 4.98 Å². The maximum absolute atomic E-state index is 11.6. The molecule has 0 bridgehead atoms. The number of thiazole rings is 1. The van der Waals surface area contributed by atoms with Crippen molar-refractivity contribution in [3.63, 3.8) is 0 Å². The van der Waals surface area contributed by atoms with Crippen molar-refractivity contribution in [2.75, 3.05) is 6.61 Å². The monoisotopic (exact) mass is 249 g/mol. The maximum Gasteiger partial charge on any atom is 0.382 e. The van der Waals surface area contributed by atoms with Gasteiger partial charge in [-0.3, -0.25) is 0 Å². The molecule has 0 radical (unpaired) electrons. The molecule has 1 aromatic heterocycles. The number of hydrogen-bond acceptors (Lipinski definition) is 4. The van der Waals surface area contributed by atoms with Gasteiger partial charge in [0.25, 0.3) is 6.04 Å². The lowest BCUT2D eigenvalue weighted by Crippen LogP contribution is -2.68. The third-order valence-corrected chi connectivity index (χ3v) is 3.31. The molecule has 0 aliphatic carbocycles. The minimum Gasteiger partial charge on any atom is -0.507 e. The second-order valence-electron chi connectivity index (χ2n) is 3.33. The highest BCUT2D eigenvalue weighted by atomic mass is 32.1. The molecule has 0 saturated carbocycles. The van der Waals surface area contributed by atoms with E-state index >= 15 is 0 Å². The molecule has 2 aromatic rings. The minimum atomic E-state index is -0.924. The number of aromatic nitrogens is 1. The summed E-state index contributed by atoms with van der Waals surface area (Å²) >= 11 is 1.35. The molecule has 1 unspecified atom stereocenters. The van der Waals surface area contributed by atoms with Gasteiger partial charge in [-0.25, -0.2) is 9.78 Å². The Bertz CT molecular complexity index is 519. The Morgan fingerprint density at radius 3 is 3.00 bits per heavy atom. The first kappa shape index (κ1) is 11.7. The van der Waals surface area contributed by atoms with Crippen LogP contribution in [0.1, 0.15) is 18.0 Å². The summed E-state index contributed by atoms with van der Waals surface area (Å²) < 4.78 is 5.82. The highest BCUT2D eigenvalue weighted by Crippen LogP contribution is 2.25. The molecule has 1 heterocycles. The summed E-state index contributed by atoms with van der Waals surface area (Å²) in [5.74, 6) is -0.533. The van der Waals surface area contributed by atoms with E-state index in [9.17, 15) is 4.79 Å². The molecule has 0 aliphatic heterocycles. The fraction of sp³-hybridized carbons (Fsp3) is 0.273. The second-order valence-corrected chi connectivity index (χ2v) is 4.40. The number of ether oxygens (including phenoxy) is 1. The van der Waals surface area contributed by atoms with Crippen molar-refractivity contribution in [1.29, 1.82) is 0 Å². The lowest BCUT2D eigenvalue weighted by molar-refractivity contribution is -0.519. The van der Waals surface area contributed by atoms with Gasteiger partial charge >= 0.3 is 5.97 Å². The first-order valence-corrected chi connectivity index (χ1v) is 5.99. The Kier molecular flexibility index (Phi) is 3.43. The number of esters is 1. The third kappa shape index (κ3) is 2.31. The third-order valence-electron chi connectivity index (χ3n) is 2.21. The van der Waals surface area contributed by atoms with Crippen molar-refractivity contribution in [3.8, 4) is 0 Å². The molecule has 2 rings (SSSR count). The first-order valence-electron chi connectivity index (χ1n) is 5.18. The van der Waals surface area contributed by atoms with Gasteiger partial charge in [-0.2, -0.15) is 0 Å². The van der Waals surface area contributed by atoms with Gasteiger partial charge in [0.15, 0.2) is 5.01 Å². The normalized spacial score (nSPS) is 12.3. The fourth-order valence-corrected chi connectivity index (χ4v) is 2.45. The average Bonchev–Trinajstić information content (AvgIpc) is 2.73. The van der Waals surface area contributed by atoms with Gasteiger partial charge in [0.1, 0.15) is 0 Å². The smallest absolute Gasteiger partial charge is 0.382 e. The van der Waals surface area contributed by atoms with Crippen LogP contribution in [-0.2, 0) is 9.53 Å².